The van der Waals surface area contributed by atoms with Crippen molar-refractivity contribution in [1.29, 1.82) is 0 Å². The molecule has 15 heavy (non-hydrogen) atoms. The summed E-state index contributed by atoms with van der Waals surface area (Å²) < 4.78 is 1.77. The van der Waals surface area contributed by atoms with Gasteiger partial charge in [0.05, 0.1) is 12.9 Å². The van der Waals surface area contributed by atoms with E-state index in [0.717, 1.165) is 11.1 Å². The van der Waals surface area contributed by atoms with E-state index in [1.807, 2.05) is 31.2 Å². The van der Waals surface area contributed by atoms with Crippen molar-refractivity contribution < 1.29 is 4.79 Å². The van der Waals surface area contributed by atoms with Gasteiger partial charge >= 0.3 is 0 Å². The number of Topliss-reactive ketones (excluding diaryl/α,β-unsaturated/α-hetero) is 1. The van der Waals surface area contributed by atoms with Crippen molar-refractivity contribution in [2.24, 2.45) is 0 Å². The van der Waals surface area contributed by atoms with Crippen LogP contribution >= 0.6 is 0 Å². The van der Waals surface area contributed by atoms with Crippen LogP contribution < -0.4 is 0 Å². The molecule has 0 aliphatic carbocycles. The van der Waals surface area contributed by atoms with E-state index in [1.54, 1.807) is 23.3 Å². The largest absolute Gasteiger partial charge is 0.330 e. The smallest absolute Gasteiger partial charge is 0.182 e. The summed E-state index contributed by atoms with van der Waals surface area (Å²) in [5.74, 6) is 0.105. The molecule has 0 fully saturated rings. The fraction of sp³-hybridized carbons (Fsp3) is 0.167. The minimum atomic E-state index is 0.105. The first-order valence-electron chi connectivity index (χ1n) is 4.81. The first-order valence-corrected chi connectivity index (χ1v) is 4.81. The quantitative estimate of drug-likeness (QED) is 0.711. The van der Waals surface area contributed by atoms with Gasteiger partial charge in [-0.25, -0.2) is 4.98 Å². The SMILES string of the molecule is Cc1ccc(C(=O)Cn2ccnc2)cc1. The van der Waals surface area contributed by atoms with Crippen LogP contribution in [-0.4, -0.2) is 15.3 Å². The van der Waals surface area contributed by atoms with Gasteiger partial charge in [-0.05, 0) is 6.92 Å². The molecule has 1 aromatic carbocycles. The molecular formula is C12H12N2O. The van der Waals surface area contributed by atoms with Crippen LogP contribution in [0.1, 0.15) is 15.9 Å². The second-order valence-corrected chi connectivity index (χ2v) is 3.52. The molecule has 0 amide bonds. The van der Waals surface area contributed by atoms with Crippen LogP contribution in [0.25, 0.3) is 0 Å². The lowest BCUT2D eigenvalue weighted by molar-refractivity contribution is 0.0972. The number of carbonyl (C=O) groups is 1. The lowest BCUT2D eigenvalue weighted by Crippen LogP contribution is -2.08. The molecule has 3 heteroatoms. The van der Waals surface area contributed by atoms with Gasteiger partial charge < -0.3 is 4.57 Å². The number of aromatic nitrogens is 2. The van der Waals surface area contributed by atoms with Gasteiger partial charge in [-0.1, -0.05) is 29.8 Å². The zero-order valence-electron chi connectivity index (χ0n) is 8.55. The summed E-state index contributed by atoms with van der Waals surface area (Å²) >= 11 is 0. The van der Waals surface area contributed by atoms with Crippen LogP contribution in [0.15, 0.2) is 43.0 Å². The van der Waals surface area contributed by atoms with Gasteiger partial charge in [-0.15, -0.1) is 0 Å². The fourth-order valence-electron chi connectivity index (χ4n) is 1.38. The monoisotopic (exact) mass is 200 g/mol. The topological polar surface area (TPSA) is 34.9 Å². The average molecular weight is 200 g/mol. The summed E-state index contributed by atoms with van der Waals surface area (Å²) in [5.41, 5.74) is 1.91. The van der Waals surface area contributed by atoms with Crippen molar-refractivity contribution in [3.63, 3.8) is 0 Å². The van der Waals surface area contributed by atoms with Gasteiger partial charge in [-0.2, -0.15) is 0 Å². The molecule has 0 saturated carbocycles. The highest BCUT2D eigenvalue weighted by atomic mass is 16.1. The maximum atomic E-state index is 11.8. The number of aryl methyl sites for hydroxylation is 1. The van der Waals surface area contributed by atoms with Crippen LogP contribution in [0.3, 0.4) is 0 Å². The second-order valence-electron chi connectivity index (χ2n) is 3.52. The Morgan fingerprint density at radius 1 is 1.33 bits per heavy atom. The Kier molecular flexibility index (Phi) is 2.63. The molecule has 0 aliphatic heterocycles. The molecule has 2 rings (SSSR count). The van der Waals surface area contributed by atoms with E-state index < -0.39 is 0 Å². The number of carbonyl (C=O) groups excluding carboxylic acids is 1. The number of hydrogen-bond donors (Lipinski definition) is 0. The zero-order chi connectivity index (χ0) is 10.7. The molecular weight excluding hydrogens is 188 g/mol. The van der Waals surface area contributed by atoms with Crippen LogP contribution in [0, 0.1) is 6.92 Å². The summed E-state index contributed by atoms with van der Waals surface area (Å²) in [7, 11) is 0. The Labute approximate surface area is 88.4 Å². The number of nitrogens with zero attached hydrogens (tertiary/aromatic N) is 2. The molecule has 0 saturated heterocycles. The number of rotatable bonds is 3. The van der Waals surface area contributed by atoms with E-state index >= 15 is 0 Å². The first-order chi connectivity index (χ1) is 7.25. The van der Waals surface area contributed by atoms with E-state index in [0.29, 0.717) is 6.54 Å². The summed E-state index contributed by atoms with van der Waals surface area (Å²) in [6, 6.07) is 7.60. The molecule has 0 unspecified atom stereocenters. The van der Waals surface area contributed by atoms with E-state index in [4.69, 9.17) is 0 Å². The van der Waals surface area contributed by atoms with E-state index in [2.05, 4.69) is 4.98 Å². The normalized spacial score (nSPS) is 10.2. The standard InChI is InChI=1S/C12H12N2O/c1-10-2-4-11(5-3-10)12(15)8-14-7-6-13-9-14/h2-7,9H,8H2,1H3. The van der Waals surface area contributed by atoms with Crippen molar-refractivity contribution in [3.05, 3.63) is 54.1 Å². The highest BCUT2D eigenvalue weighted by molar-refractivity contribution is 5.95. The predicted molar refractivity (Wildman–Crippen MR) is 57.7 cm³/mol. The number of imidazole rings is 1. The van der Waals surface area contributed by atoms with Crippen molar-refractivity contribution in [2.75, 3.05) is 0 Å². The number of ketones is 1. The van der Waals surface area contributed by atoms with Crippen molar-refractivity contribution in [3.8, 4) is 0 Å². The van der Waals surface area contributed by atoms with Crippen molar-refractivity contribution in [2.45, 2.75) is 13.5 Å². The molecule has 2 aromatic rings. The fourth-order valence-corrected chi connectivity index (χ4v) is 1.38. The van der Waals surface area contributed by atoms with Gasteiger partial charge in [0.2, 0.25) is 0 Å². The van der Waals surface area contributed by atoms with Gasteiger partial charge in [0.15, 0.2) is 5.78 Å². The minimum absolute atomic E-state index is 0.105. The maximum Gasteiger partial charge on any atom is 0.182 e. The predicted octanol–water partition coefficient (Wildman–Crippen LogP) is 2.07. The van der Waals surface area contributed by atoms with E-state index in [9.17, 15) is 4.79 Å². The Balaban J connectivity index is 2.11. The molecule has 0 radical (unpaired) electrons. The molecule has 3 nitrogen and oxygen atoms in total. The Morgan fingerprint density at radius 2 is 2.07 bits per heavy atom. The summed E-state index contributed by atoms with van der Waals surface area (Å²) in [6.07, 6.45) is 5.10. The van der Waals surface area contributed by atoms with Crippen LogP contribution in [0.5, 0.6) is 0 Å². The molecule has 76 valence electrons. The molecule has 0 N–H and O–H groups in total. The first kappa shape index (κ1) is 9.65. The van der Waals surface area contributed by atoms with E-state index in [-0.39, 0.29) is 5.78 Å². The minimum Gasteiger partial charge on any atom is -0.330 e. The number of hydrogen-bond acceptors (Lipinski definition) is 2. The summed E-state index contributed by atoms with van der Waals surface area (Å²) in [5, 5.41) is 0. The molecule has 0 spiro atoms. The molecule has 1 aromatic heterocycles. The third kappa shape index (κ3) is 2.31. The summed E-state index contributed by atoms with van der Waals surface area (Å²) in [6.45, 7) is 2.35. The Hall–Kier alpha value is -1.90. The zero-order valence-corrected chi connectivity index (χ0v) is 8.55. The van der Waals surface area contributed by atoms with E-state index in [1.165, 1.54) is 0 Å². The van der Waals surface area contributed by atoms with Gasteiger partial charge in [-0.3, -0.25) is 4.79 Å². The lowest BCUT2D eigenvalue weighted by Gasteiger charge is -2.02. The van der Waals surface area contributed by atoms with Gasteiger partial charge in [0.1, 0.15) is 0 Å². The van der Waals surface area contributed by atoms with Gasteiger partial charge in [0, 0.05) is 18.0 Å². The Morgan fingerprint density at radius 3 is 2.67 bits per heavy atom. The van der Waals surface area contributed by atoms with Crippen molar-refractivity contribution in [1.82, 2.24) is 9.55 Å². The van der Waals surface area contributed by atoms with Crippen LogP contribution in [0.2, 0.25) is 0 Å². The highest BCUT2D eigenvalue weighted by Crippen LogP contribution is 2.05. The lowest BCUT2D eigenvalue weighted by atomic mass is 10.1. The second kappa shape index (κ2) is 4.09. The molecule has 1 heterocycles. The highest BCUT2D eigenvalue weighted by Gasteiger charge is 2.05. The average Bonchev–Trinajstić information content (AvgIpc) is 2.71. The third-order valence-corrected chi connectivity index (χ3v) is 2.26. The van der Waals surface area contributed by atoms with Crippen LogP contribution in [-0.2, 0) is 6.54 Å². The Bertz CT molecular complexity index is 443. The molecule has 0 aliphatic rings. The summed E-state index contributed by atoms with van der Waals surface area (Å²) in [4.78, 5) is 15.7. The molecule has 0 bridgehead atoms. The van der Waals surface area contributed by atoms with Crippen LogP contribution in [0.4, 0.5) is 0 Å². The molecule has 0 atom stereocenters. The maximum absolute atomic E-state index is 11.8. The third-order valence-electron chi connectivity index (χ3n) is 2.26. The number of benzene rings is 1. The van der Waals surface area contributed by atoms with Gasteiger partial charge in [0.25, 0.3) is 0 Å². The van der Waals surface area contributed by atoms with Crippen molar-refractivity contribution >= 4 is 5.78 Å².